The third kappa shape index (κ3) is 6.49. The highest BCUT2D eigenvalue weighted by Crippen LogP contribution is 2.42. The van der Waals surface area contributed by atoms with Crippen molar-refractivity contribution in [2.24, 2.45) is 5.41 Å². The minimum atomic E-state index is -5.63. The Morgan fingerprint density at radius 2 is 1.21 bits per heavy atom. The lowest BCUT2D eigenvalue weighted by Gasteiger charge is -2.44. The van der Waals surface area contributed by atoms with E-state index in [1.807, 2.05) is 84.9 Å². The monoisotopic (exact) mass is 627 g/mol. The molecule has 1 heterocycles. The van der Waals surface area contributed by atoms with Crippen LogP contribution in [0.1, 0.15) is 31.9 Å². The molecule has 10 heteroatoms. The van der Waals surface area contributed by atoms with Gasteiger partial charge >= 0.3 is 15.4 Å². The second-order valence-electron chi connectivity index (χ2n) is 11.1. The van der Waals surface area contributed by atoms with Crippen LogP contribution < -0.4 is 4.74 Å². The predicted octanol–water partition coefficient (Wildman–Crippen LogP) is 7.30. The molecule has 226 valence electrons. The van der Waals surface area contributed by atoms with Crippen LogP contribution in [0.5, 0.6) is 5.75 Å². The standard InChI is InChI=1S/C33H32F2O6S2/c1-24(33(34,35)43(36,37)38)41-27-16-20-30(21-17-27)42(28-12-8-5-9-13-28)29-18-14-26(15-19-29)32(25-10-6-4-7-11-25)39-22-31(2,3)23-40-32/h4-21,24H,22-23H2,1-3H3/p+1. The molecule has 0 bridgehead atoms. The maximum absolute atomic E-state index is 14.0. The van der Waals surface area contributed by atoms with Gasteiger partial charge in [-0.3, -0.25) is 4.55 Å². The molecule has 0 amide bonds. The van der Waals surface area contributed by atoms with Crippen molar-refractivity contribution in [3.8, 4) is 5.75 Å². The molecule has 1 fully saturated rings. The van der Waals surface area contributed by atoms with E-state index < -0.39 is 38.2 Å². The largest absolute Gasteiger partial charge is 0.483 e. The Morgan fingerprint density at radius 1 is 0.767 bits per heavy atom. The van der Waals surface area contributed by atoms with Gasteiger partial charge in [-0.15, -0.1) is 0 Å². The van der Waals surface area contributed by atoms with Gasteiger partial charge in [0.1, 0.15) is 5.75 Å². The van der Waals surface area contributed by atoms with E-state index in [1.165, 1.54) is 12.1 Å². The third-order valence-corrected chi connectivity index (χ3v) is 10.4. The van der Waals surface area contributed by atoms with Crippen LogP contribution in [0.25, 0.3) is 0 Å². The summed E-state index contributed by atoms with van der Waals surface area (Å²) < 4.78 is 77.3. The van der Waals surface area contributed by atoms with Crippen molar-refractivity contribution in [3.63, 3.8) is 0 Å². The van der Waals surface area contributed by atoms with Crippen LogP contribution in [0.2, 0.25) is 0 Å². The van der Waals surface area contributed by atoms with E-state index in [0.717, 1.165) is 32.7 Å². The SMILES string of the molecule is CC(Oc1ccc([S+](c2ccccc2)c2ccc(C3(c4ccccc4)OCC(C)(C)CO3)cc2)cc1)C(F)(F)S(=O)(=O)O. The molecule has 0 aliphatic carbocycles. The smallest absolute Gasteiger partial charge is 0.405 e. The van der Waals surface area contributed by atoms with Crippen LogP contribution in [0.4, 0.5) is 8.78 Å². The van der Waals surface area contributed by atoms with Crippen molar-refractivity contribution >= 4 is 21.0 Å². The van der Waals surface area contributed by atoms with Crippen molar-refractivity contribution < 1.29 is 36.0 Å². The van der Waals surface area contributed by atoms with Crippen molar-refractivity contribution in [2.45, 2.75) is 52.6 Å². The Kier molecular flexibility index (Phi) is 8.70. The zero-order chi connectivity index (χ0) is 30.9. The van der Waals surface area contributed by atoms with Gasteiger partial charge in [-0.2, -0.15) is 17.2 Å². The molecular weight excluding hydrogens is 594 g/mol. The number of ether oxygens (including phenoxy) is 3. The van der Waals surface area contributed by atoms with Gasteiger partial charge in [-0.25, -0.2) is 0 Å². The zero-order valence-corrected chi connectivity index (χ0v) is 25.6. The lowest BCUT2D eigenvalue weighted by molar-refractivity contribution is -0.284. The normalized spacial score (nSPS) is 18.0. The molecular formula is C33H33F2O6S2+. The Balaban J connectivity index is 1.47. The minimum Gasteiger partial charge on any atom is -0.483 e. The third-order valence-electron chi connectivity index (χ3n) is 7.12. The number of halogens is 2. The van der Waals surface area contributed by atoms with E-state index in [0.29, 0.717) is 13.2 Å². The second kappa shape index (κ2) is 12.0. The van der Waals surface area contributed by atoms with Crippen molar-refractivity contribution in [3.05, 3.63) is 120 Å². The van der Waals surface area contributed by atoms with Gasteiger partial charge in [0, 0.05) is 16.5 Å². The molecule has 4 aromatic carbocycles. The average Bonchev–Trinajstić information content (AvgIpc) is 2.99. The Bertz CT molecular complexity index is 1620. The summed E-state index contributed by atoms with van der Waals surface area (Å²) >= 11 is 0. The van der Waals surface area contributed by atoms with Crippen LogP contribution >= 0.6 is 0 Å². The molecule has 6 nitrogen and oxygen atoms in total. The first-order chi connectivity index (χ1) is 20.3. The van der Waals surface area contributed by atoms with E-state index >= 15 is 0 Å². The Hall–Kier alpha value is -3.28. The minimum absolute atomic E-state index is 0.0471. The van der Waals surface area contributed by atoms with Crippen molar-refractivity contribution in [2.75, 3.05) is 13.2 Å². The fourth-order valence-electron chi connectivity index (χ4n) is 4.75. The molecule has 0 aromatic heterocycles. The summed E-state index contributed by atoms with van der Waals surface area (Å²) in [5, 5.41) is -4.46. The first kappa shape index (κ1) is 31.2. The van der Waals surface area contributed by atoms with Gasteiger partial charge in [0.05, 0.1) is 24.1 Å². The number of rotatable bonds is 9. The molecule has 1 saturated heterocycles. The van der Waals surface area contributed by atoms with Gasteiger partial charge in [-0.1, -0.05) is 62.4 Å². The topological polar surface area (TPSA) is 82.1 Å². The molecule has 2 atom stereocenters. The fraction of sp³-hybridized carbons (Fsp3) is 0.273. The number of benzene rings is 4. The molecule has 1 N–H and O–H groups in total. The highest BCUT2D eigenvalue weighted by atomic mass is 32.2. The van der Waals surface area contributed by atoms with Crippen LogP contribution in [0, 0.1) is 5.41 Å². The second-order valence-corrected chi connectivity index (χ2v) is 14.7. The summed E-state index contributed by atoms with van der Waals surface area (Å²) in [6.45, 7) is 6.16. The van der Waals surface area contributed by atoms with Gasteiger partial charge < -0.3 is 14.2 Å². The average molecular weight is 628 g/mol. The lowest BCUT2D eigenvalue weighted by Crippen LogP contribution is -2.46. The van der Waals surface area contributed by atoms with Crippen LogP contribution in [-0.4, -0.2) is 37.5 Å². The summed E-state index contributed by atoms with van der Waals surface area (Å²) in [7, 11) is -6.20. The molecule has 1 aliphatic rings. The van der Waals surface area contributed by atoms with Gasteiger partial charge in [-0.05, 0) is 67.6 Å². The fourth-order valence-corrected chi connectivity index (χ4v) is 7.28. The summed E-state index contributed by atoms with van der Waals surface area (Å²) in [5.41, 5.74) is 1.66. The summed E-state index contributed by atoms with van der Waals surface area (Å²) in [6.07, 6.45) is -2.10. The number of hydrogen-bond acceptors (Lipinski definition) is 5. The maximum atomic E-state index is 14.0. The van der Waals surface area contributed by atoms with Crippen LogP contribution in [-0.2, 0) is 36.3 Å². The van der Waals surface area contributed by atoms with Gasteiger partial charge in [0.25, 0.3) is 0 Å². The number of alkyl halides is 2. The highest BCUT2D eigenvalue weighted by molar-refractivity contribution is 7.97. The molecule has 1 aliphatic heterocycles. The first-order valence-corrected chi connectivity index (χ1v) is 16.3. The Labute approximate surface area is 253 Å². The quantitative estimate of drug-likeness (QED) is 0.155. The Morgan fingerprint density at radius 3 is 1.72 bits per heavy atom. The molecule has 43 heavy (non-hydrogen) atoms. The van der Waals surface area contributed by atoms with E-state index in [4.69, 9.17) is 18.8 Å². The lowest BCUT2D eigenvalue weighted by atomic mass is 9.90. The predicted molar refractivity (Wildman–Crippen MR) is 161 cm³/mol. The zero-order valence-electron chi connectivity index (χ0n) is 23.9. The van der Waals surface area contributed by atoms with E-state index in [-0.39, 0.29) is 11.2 Å². The van der Waals surface area contributed by atoms with Gasteiger partial charge in [0.2, 0.25) is 5.79 Å². The maximum Gasteiger partial charge on any atom is 0.405 e. The molecule has 0 radical (unpaired) electrons. The molecule has 4 aromatic rings. The molecule has 2 unspecified atom stereocenters. The summed E-state index contributed by atoms with van der Waals surface area (Å²) in [4.78, 5) is 2.94. The molecule has 0 saturated carbocycles. The van der Waals surface area contributed by atoms with E-state index in [2.05, 4.69) is 13.8 Å². The first-order valence-electron chi connectivity index (χ1n) is 13.7. The molecule has 0 spiro atoms. The van der Waals surface area contributed by atoms with Crippen LogP contribution in [0.15, 0.2) is 124 Å². The molecule has 5 rings (SSSR count). The van der Waals surface area contributed by atoms with Crippen molar-refractivity contribution in [1.82, 2.24) is 0 Å². The summed E-state index contributed by atoms with van der Waals surface area (Å²) in [6, 6.07) is 34.4. The van der Waals surface area contributed by atoms with Crippen molar-refractivity contribution in [1.29, 1.82) is 0 Å². The number of hydrogen-bond donors (Lipinski definition) is 1. The van der Waals surface area contributed by atoms with E-state index in [1.54, 1.807) is 12.1 Å². The van der Waals surface area contributed by atoms with Gasteiger partial charge in [0.15, 0.2) is 20.8 Å². The summed E-state index contributed by atoms with van der Waals surface area (Å²) in [5.74, 6) is -0.994. The van der Waals surface area contributed by atoms with Crippen LogP contribution in [0.3, 0.4) is 0 Å². The highest BCUT2D eigenvalue weighted by Gasteiger charge is 2.51. The van der Waals surface area contributed by atoms with E-state index in [9.17, 15) is 17.2 Å².